The minimum atomic E-state index is 0.349. The van der Waals surface area contributed by atoms with Gasteiger partial charge in [-0.2, -0.15) is 0 Å². The first kappa shape index (κ1) is 16.3. The summed E-state index contributed by atoms with van der Waals surface area (Å²) >= 11 is 0. The second-order valence-electron chi connectivity index (χ2n) is 6.97. The number of aliphatic hydroxyl groups is 1. The fourth-order valence-electron chi connectivity index (χ4n) is 4.26. The molecule has 0 radical (unpaired) electrons. The smallest absolute Gasteiger partial charge is 0.0445 e. The molecule has 1 saturated carbocycles. The molecule has 1 saturated heterocycles. The molecular weight excluding hydrogens is 248 g/mol. The highest BCUT2D eigenvalue weighted by Crippen LogP contribution is 2.38. The third-order valence-corrected chi connectivity index (χ3v) is 5.41. The van der Waals surface area contributed by atoms with Crippen LogP contribution in [0, 0.1) is 5.41 Å². The van der Waals surface area contributed by atoms with E-state index in [9.17, 15) is 5.11 Å². The topological polar surface area (TPSA) is 35.5 Å². The Morgan fingerprint density at radius 1 is 1.15 bits per heavy atom. The monoisotopic (exact) mass is 282 g/mol. The molecule has 1 aliphatic heterocycles. The normalized spacial score (nSPS) is 27.6. The van der Waals surface area contributed by atoms with E-state index in [1.54, 1.807) is 0 Å². The zero-order valence-corrected chi connectivity index (χ0v) is 13.4. The van der Waals surface area contributed by atoms with E-state index in [0.717, 1.165) is 13.0 Å². The quantitative estimate of drug-likeness (QED) is 0.754. The largest absolute Gasteiger partial charge is 0.396 e. The number of piperidine rings is 1. The first-order chi connectivity index (χ1) is 9.79. The highest BCUT2D eigenvalue weighted by Gasteiger charge is 2.35. The number of aliphatic hydroxyl groups excluding tert-OH is 1. The molecular formula is C17H34N2O. The van der Waals surface area contributed by atoms with Crippen LogP contribution in [0.25, 0.3) is 0 Å². The lowest BCUT2D eigenvalue weighted by molar-refractivity contribution is 0.0452. The van der Waals surface area contributed by atoms with Gasteiger partial charge in [0.2, 0.25) is 0 Å². The maximum absolute atomic E-state index is 9.31. The Labute approximate surface area is 125 Å². The number of hydrogen-bond acceptors (Lipinski definition) is 3. The van der Waals surface area contributed by atoms with E-state index in [1.807, 2.05) is 0 Å². The van der Waals surface area contributed by atoms with Crippen molar-refractivity contribution in [1.82, 2.24) is 10.2 Å². The summed E-state index contributed by atoms with van der Waals surface area (Å²) in [5.74, 6) is 0. The molecule has 3 nitrogen and oxygen atoms in total. The van der Waals surface area contributed by atoms with Gasteiger partial charge < -0.3 is 10.4 Å². The predicted octanol–water partition coefficient (Wildman–Crippen LogP) is 2.78. The third kappa shape index (κ3) is 4.44. The molecule has 2 aliphatic rings. The first-order valence-corrected chi connectivity index (χ1v) is 8.85. The lowest BCUT2D eigenvalue weighted by atomic mass is 9.73. The SMILES string of the molecule is CCNCC1(CN2CCCCC2CCO)CCCCC1. The number of hydrogen-bond donors (Lipinski definition) is 2. The lowest BCUT2D eigenvalue weighted by Gasteiger charge is -2.45. The molecule has 0 amide bonds. The van der Waals surface area contributed by atoms with Gasteiger partial charge in [0.15, 0.2) is 0 Å². The van der Waals surface area contributed by atoms with E-state index in [-0.39, 0.29) is 0 Å². The Bertz CT molecular complexity index is 262. The highest BCUT2D eigenvalue weighted by atomic mass is 16.3. The van der Waals surface area contributed by atoms with Crippen LogP contribution >= 0.6 is 0 Å². The van der Waals surface area contributed by atoms with Crippen LogP contribution in [-0.2, 0) is 0 Å². The van der Waals surface area contributed by atoms with Gasteiger partial charge in [0.1, 0.15) is 0 Å². The minimum absolute atomic E-state index is 0.349. The zero-order valence-electron chi connectivity index (χ0n) is 13.4. The summed E-state index contributed by atoms with van der Waals surface area (Å²) in [7, 11) is 0. The van der Waals surface area contributed by atoms with E-state index in [0.29, 0.717) is 18.1 Å². The van der Waals surface area contributed by atoms with Crippen molar-refractivity contribution in [1.29, 1.82) is 0 Å². The molecule has 1 atom stereocenters. The first-order valence-electron chi connectivity index (χ1n) is 8.85. The second-order valence-corrected chi connectivity index (χ2v) is 6.97. The van der Waals surface area contributed by atoms with Crippen molar-refractivity contribution in [2.45, 2.75) is 70.8 Å². The fraction of sp³-hybridized carbons (Fsp3) is 1.00. The Kier molecular flexibility index (Phi) is 6.79. The van der Waals surface area contributed by atoms with Gasteiger partial charge in [0, 0.05) is 25.7 Å². The maximum Gasteiger partial charge on any atom is 0.0445 e. The Morgan fingerprint density at radius 2 is 1.95 bits per heavy atom. The Morgan fingerprint density at radius 3 is 2.65 bits per heavy atom. The van der Waals surface area contributed by atoms with Crippen LogP contribution in [0.3, 0.4) is 0 Å². The summed E-state index contributed by atoms with van der Waals surface area (Å²) in [5, 5.41) is 12.9. The van der Waals surface area contributed by atoms with E-state index in [4.69, 9.17) is 0 Å². The molecule has 0 bridgehead atoms. The summed E-state index contributed by atoms with van der Waals surface area (Å²) in [6.45, 7) is 7.34. The van der Waals surface area contributed by atoms with E-state index in [2.05, 4.69) is 17.1 Å². The molecule has 2 N–H and O–H groups in total. The summed E-state index contributed by atoms with van der Waals surface area (Å²) in [5.41, 5.74) is 0.499. The van der Waals surface area contributed by atoms with Gasteiger partial charge >= 0.3 is 0 Å². The van der Waals surface area contributed by atoms with Crippen molar-refractivity contribution in [3.63, 3.8) is 0 Å². The molecule has 1 aliphatic carbocycles. The van der Waals surface area contributed by atoms with Gasteiger partial charge in [0.25, 0.3) is 0 Å². The molecule has 0 aromatic rings. The molecule has 20 heavy (non-hydrogen) atoms. The van der Waals surface area contributed by atoms with Crippen LogP contribution in [0.2, 0.25) is 0 Å². The van der Waals surface area contributed by atoms with Crippen molar-refractivity contribution >= 4 is 0 Å². The summed E-state index contributed by atoms with van der Waals surface area (Å²) in [4.78, 5) is 2.71. The van der Waals surface area contributed by atoms with Crippen LogP contribution in [0.4, 0.5) is 0 Å². The predicted molar refractivity (Wildman–Crippen MR) is 85.0 cm³/mol. The standard InChI is InChI=1S/C17H34N2O/c1-2-18-14-17(10-5-3-6-11-17)15-19-12-7-4-8-16(19)9-13-20/h16,18,20H,2-15H2,1H3. The molecule has 3 heteroatoms. The summed E-state index contributed by atoms with van der Waals surface area (Å²) in [6.07, 6.45) is 12.0. The van der Waals surface area contributed by atoms with Crippen LogP contribution in [0.1, 0.15) is 64.7 Å². The molecule has 1 heterocycles. The van der Waals surface area contributed by atoms with Crippen LogP contribution in [-0.4, -0.2) is 48.8 Å². The molecule has 0 aromatic carbocycles. The average molecular weight is 282 g/mol. The van der Waals surface area contributed by atoms with Crippen LogP contribution in [0.15, 0.2) is 0 Å². The van der Waals surface area contributed by atoms with Gasteiger partial charge in [-0.05, 0) is 50.6 Å². The zero-order chi connectivity index (χ0) is 14.3. The summed E-state index contributed by atoms with van der Waals surface area (Å²) < 4.78 is 0. The molecule has 118 valence electrons. The van der Waals surface area contributed by atoms with Crippen LogP contribution < -0.4 is 5.32 Å². The van der Waals surface area contributed by atoms with Gasteiger partial charge in [-0.25, -0.2) is 0 Å². The number of nitrogens with one attached hydrogen (secondary N) is 1. The molecule has 2 rings (SSSR count). The lowest BCUT2D eigenvalue weighted by Crippen LogP contribution is -2.50. The van der Waals surface area contributed by atoms with Crippen molar-refractivity contribution in [3.05, 3.63) is 0 Å². The van der Waals surface area contributed by atoms with Crippen molar-refractivity contribution in [3.8, 4) is 0 Å². The van der Waals surface area contributed by atoms with Gasteiger partial charge in [-0.3, -0.25) is 4.90 Å². The van der Waals surface area contributed by atoms with E-state index >= 15 is 0 Å². The van der Waals surface area contributed by atoms with Crippen LogP contribution in [0.5, 0.6) is 0 Å². The number of likely N-dealkylation sites (tertiary alicyclic amines) is 1. The second kappa shape index (κ2) is 8.35. The Balaban J connectivity index is 1.97. The van der Waals surface area contributed by atoms with Gasteiger partial charge in [-0.1, -0.05) is 32.6 Å². The van der Waals surface area contributed by atoms with Gasteiger partial charge in [0.05, 0.1) is 0 Å². The molecule has 2 fully saturated rings. The van der Waals surface area contributed by atoms with E-state index < -0.39 is 0 Å². The fourth-order valence-corrected chi connectivity index (χ4v) is 4.26. The third-order valence-electron chi connectivity index (χ3n) is 5.41. The molecule has 0 aromatic heterocycles. The maximum atomic E-state index is 9.31. The van der Waals surface area contributed by atoms with Gasteiger partial charge in [-0.15, -0.1) is 0 Å². The minimum Gasteiger partial charge on any atom is -0.396 e. The molecule has 0 spiro atoms. The van der Waals surface area contributed by atoms with Crippen molar-refractivity contribution in [2.75, 3.05) is 32.8 Å². The van der Waals surface area contributed by atoms with E-state index in [1.165, 1.54) is 71.0 Å². The molecule has 1 unspecified atom stereocenters. The van der Waals surface area contributed by atoms with Crippen molar-refractivity contribution in [2.24, 2.45) is 5.41 Å². The number of rotatable bonds is 7. The number of nitrogens with zero attached hydrogens (tertiary/aromatic N) is 1. The average Bonchev–Trinajstić information content (AvgIpc) is 2.49. The summed E-state index contributed by atoms with van der Waals surface area (Å²) in [6, 6.07) is 0.633. The van der Waals surface area contributed by atoms with Crippen molar-refractivity contribution < 1.29 is 5.11 Å². The highest BCUT2D eigenvalue weighted by molar-refractivity contribution is 4.90. The Hall–Kier alpha value is -0.120.